The van der Waals surface area contributed by atoms with E-state index in [0.717, 1.165) is 36.2 Å². The fourth-order valence-corrected chi connectivity index (χ4v) is 7.69. The number of piperazine rings is 1. The van der Waals surface area contributed by atoms with Gasteiger partial charge in [-0.2, -0.15) is 18.2 Å². The average Bonchev–Trinajstić information content (AvgIpc) is 3.15. The van der Waals surface area contributed by atoms with Gasteiger partial charge in [0.05, 0.1) is 29.4 Å². The van der Waals surface area contributed by atoms with Crippen LogP contribution in [0.2, 0.25) is 0 Å². The quantitative estimate of drug-likeness (QED) is 0.269. The zero-order valence-electron chi connectivity index (χ0n) is 23.5. The number of rotatable bonds is 3. The zero-order valence-corrected chi connectivity index (χ0v) is 24.3. The molecule has 1 N–H and O–H groups in total. The number of aromatic nitrogens is 3. The number of pyridine rings is 1. The maximum absolute atomic E-state index is 14.9. The van der Waals surface area contributed by atoms with Crippen molar-refractivity contribution in [2.45, 2.75) is 49.5 Å². The van der Waals surface area contributed by atoms with Crippen molar-refractivity contribution >= 4 is 34.6 Å². The van der Waals surface area contributed by atoms with Crippen LogP contribution in [0.25, 0.3) is 22.0 Å². The molecule has 2 aromatic heterocycles. The Morgan fingerprint density at radius 2 is 1.73 bits per heavy atom. The van der Waals surface area contributed by atoms with Crippen LogP contribution < -0.4 is 10.6 Å². The Kier molecular flexibility index (Phi) is 7.50. The van der Waals surface area contributed by atoms with Gasteiger partial charge in [-0.25, -0.2) is 18.4 Å². The van der Waals surface area contributed by atoms with E-state index in [2.05, 4.69) is 9.97 Å². The predicted octanol–water partition coefficient (Wildman–Crippen LogP) is 6.22. The highest BCUT2D eigenvalue weighted by atomic mass is 32.2. The lowest BCUT2D eigenvalue weighted by molar-refractivity contribution is -0.137. The molecule has 0 aliphatic carbocycles. The van der Waals surface area contributed by atoms with Crippen molar-refractivity contribution in [2.75, 3.05) is 23.7 Å². The largest absolute Gasteiger partial charge is 0.465 e. The van der Waals surface area contributed by atoms with Crippen LogP contribution in [0.4, 0.5) is 32.6 Å². The first-order chi connectivity index (χ1) is 20.8. The van der Waals surface area contributed by atoms with E-state index >= 15 is 0 Å². The molecule has 6 rings (SSSR count). The molecule has 230 valence electrons. The van der Waals surface area contributed by atoms with Gasteiger partial charge in [0.2, 0.25) is 0 Å². The first kappa shape index (κ1) is 29.9. The third-order valence-corrected chi connectivity index (χ3v) is 9.41. The molecule has 0 spiro atoms. The number of amides is 1. The van der Waals surface area contributed by atoms with Crippen LogP contribution in [0.5, 0.6) is 0 Å². The van der Waals surface area contributed by atoms with Gasteiger partial charge in [0, 0.05) is 53.3 Å². The summed E-state index contributed by atoms with van der Waals surface area (Å²) >= 11 is 1.07. The second kappa shape index (κ2) is 11.1. The second-order valence-electron chi connectivity index (χ2n) is 11.1. The molecule has 2 aliphatic rings. The summed E-state index contributed by atoms with van der Waals surface area (Å²) in [6, 6.07) is 6.01. The maximum atomic E-state index is 14.9. The number of carboxylic acid groups (broad SMARTS) is 1. The van der Waals surface area contributed by atoms with Crippen LogP contribution in [0.1, 0.15) is 30.9 Å². The Morgan fingerprint density at radius 1 is 1.05 bits per heavy atom. The molecule has 0 unspecified atom stereocenters. The third kappa shape index (κ3) is 5.14. The Labute approximate surface area is 252 Å². The zero-order chi connectivity index (χ0) is 31.5. The Bertz CT molecular complexity index is 1820. The van der Waals surface area contributed by atoms with Crippen molar-refractivity contribution in [3.63, 3.8) is 0 Å². The first-order valence-corrected chi connectivity index (χ1v) is 14.8. The van der Waals surface area contributed by atoms with Gasteiger partial charge in [-0.05, 0) is 49.2 Å². The number of carbonyl (C=O) groups is 1. The van der Waals surface area contributed by atoms with Crippen molar-refractivity contribution in [1.82, 2.24) is 19.4 Å². The highest BCUT2D eigenvalue weighted by Gasteiger charge is 2.40. The Balaban J connectivity index is 1.65. The van der Waals surface area contributed by atoms with Crippen LogP contribution in [0, 0.1) is 11.6 Å². The molecule has 3 atom stereocenters. The molecule has 0 radical (unpaired) electrons. The van der Waals surface area contributed by atoms with Crippen molar-refractivity contribution in [1.29, 1.82) is 0 Å². The predicted molar refractivity (Wildman–Crippen MR) is 155 cm³/mol. The number of benzene rings is 2. The molecule has 1 fully saturated rings. The number of anilines is 1. The van der Waals surface area contributed by atoms with Crippen LogP contribution in [-0.4, -0.2) is 61.6 Å². The number of alkyl halides is 3. The second-order valence-corrected chi connectivity index (χ2v) is 12.1. The molecule has 8 nitrogen and oxygen atoms in total. The SMILES string of the molecule is C[C@@H]1CN(c2nc(=O)n3c4c(c(-c5ccc(F)cc5)c(C(F)(F)F)cc24)SC[C@@H](c2ccncc2F)C3)C[C@H](C)N1C(=O)O. The molecule has 1 amide bonds. The molecule has 0 bridgehead atoms. The highest BCUT2D eigenvalue weighted by Crippen LogP contribution is 2.49. The standard InChI is InChI=1S/C30H26F5N5O3S/c1-15-11-38(12-16(2)40(15)29(42)43)27-21-9-22(30(33,34)35)24(17-3-5-19(31)6-4-17)26-25(21)39(28(41)37-27)13-18(14-44-26)20-7-8-36-10-23(20)32/h3-10,15-16,18H,11-14H2,1-2H3,(H,42,43)/t15-,16+,18-/m0/s1. The molecule has 2 aromatic carbocycles. The molecular weight excluding hydrogens is 605 g/mol. The number of hydrogen-bond donors (Lipinski definition) is 1. The molecule has 0 saturated carbocycles. The Morgan fingerprint density at radius 3 is 2.34 bits per heavy atom. The van der Waals surface area contributed by atoms with Crippen molar-refractivity contribution < 1.29 is 31.9 Å². The van der Waals surface area contributed by atoms with Gasteiger partial charge >= 0.3 is 18.0 Å². The number of thioether (sulfide) groups is 1. The minimum absolute atomic E-state index is 0.0107. The molecule has 14 heteroatoms. The van der Waals surface area contributed by atoms with Crippen LogP contribution in [0.15, 0.2) is 58.5 Å². The smallest absolute Gasteiger partial charge is 0.417 e. The summed E-state index contributed by atoms with van der Waals surface area (Å²) in [6.45, 7) is 3.49. The lowest BCUT2D eigenvalue weighted by Crippen LogP contribution is -2.58. The number of hydrogen-bond acceptors (Lipinski definition) is 6. The topological polar surface area (TPSA) is 91.6 Å². The van der Waals surface area contributed by atoms with E-state index in [9.17, 15) is 36.6 Å². The number of halogens is 5. The molecule has 1 saturated heterocycles. The number of nitrogens with zero attached hydrogens (tertiary/aromatic N) is 5. The van der Waals surface area contributed by atoms with Crippen molar-refractivity contribution in [2.24, 2.45) is 0 Å². The van der Waals surface area contributed by atoms with E-state index in [4.69, 9.17) is 0 Å². The fraction of sp³-hybridized carbons (Fsp3) is 0.333. The van der Waals surface area contributed by atoms with E-state index in [-0.39, 0.29) is 63.7 Å². The van der Waals surface area contributed by atoms with Gasteiger partial charge in [-0.1, -0.05) is 12.1 Å². The van der Waals surface area contributed by atoms with E-state index in [1.807, 2.05) is 0 Å². The van der Waals surface area contributed by atoms with E-state index in [0.29, 0.717) is 0 Å². The van der Waals surface area contributed by atoms with Crippen LogP contribution in [0.3, 0.4) is 0 Å². The average molecular weight is 632 g/mol. The monoisotopic (exact) mass is 631 g/mol. The summed E-state index contributed by atoms with van der Waals surface area (Å²) in [5.74, 6) is -1.70. The molecule has 4 aromatic rings. The van der Waals surface area contributed by atoms with Gasteiger partial charge in [0.25, 0.3) is 0 Å². The van der Waals surface area contributed by atoms with Crippen LogP contribution in [-0.2, 0) is 12.7 Å². The maximum Gasteiger partial charge on any atom is 0.417 e. The van der Waals surface area contributed by atoms with Gasteiger partial charge in [-0.15, -0.1) is 11.8 Å². The van der Waals surface area contributed by atoms with Crippen molar-refractivity contribution in [3.05, 3.63) is 82.0 Å². The fourth-order valence-electron chi connectivity index (χ4n) is 6.31. The highest BCUT2D eigenvalue weighted by molar-refractivity contribution is 7.99. The van der Waals surface area contributed by atoms with Gasteiger partial charge in [-0.3, -0.25) is 14.5 Å². The summed E-state index contributed by atoms with van der Waals surface area (Å²) in [4.78, 5) is 36.7. The molecule has 2 aliphatic heterocycles. The third-order valence-electron chi connectivity index (χ3n) is 8.15. The Hall–Kier alpha value is -4.20. The van der Waals surface area contributed by atoms with Gasteiger partial charge in [0.1, 0.15) is 17.5 Å². The summed E-state index contributed by atoms with van der Waals surface area (Å²) in [5.41, 5.74) is -1.38. The lowest BCUT2D eigenvalue weighted by atomic mass is 9.95. The summed E-state index contributed by atoms with van der Waals surface area (Å²) in [6.07, 6.45) is -3.52. The first-order valence-electron chi connectivity index (χ1n) is 13.8. The summed E-state index contributed by atoms with van der Waals surface area (Å²) in [5, 5.41) is 9.73. The molecule has 4 heterocycles. The van der Waals surface area contributed by atoms with Crippen LogP contribution >= 0.6 is 11.8 Å². The molecular formula is C30H26F5N5O3S. The minimum atomic E-state index is -4.85. The van der Waals surface area contributed by atoms with Crippen molar-refractivity contribution in [3.8, 4) is 11.1 Å². The summed E-state index contributed by atoms with van der Waals surface area (Å²) in [7, 11) is 0. The van der Waals surface area contributed by atoms with Gasteiger partial charge in [0.15, 0.2) is 0 Å². The van der Waals surface area contributed by atoms with E-state index < -0.39 is 53.2 Å². The van der Waals surface area contributed by atoms with E-state index in [1.54, 1.807) is 18.7 Å². The normalized spacial score (nSPS) is 20.6. The van der Waals surface area contributed by atoms with Gasteiger partial charge < -0.3 is 10.0 Å². The molecule has 44 heavy (non-hydrogen) atoms. The van der Waals surface area contributed by atoms with E-state index in [1.165, 1.54) is 33.9 Å². The lowest BCUT2D eigenvalue weighted by Gasteiger charge is -2.43. The summed E-state index contributed by atoms with van der Waals surface area (Å²) < 4.78 is 74.7. The minimum Gasteiger partial charge on any atom is -0.465 e.